The molecule has 6 nitrogen and oxygen atoms in total. The number of para-hydroxylation sites is 1. The molecule has 0 atom stereocenters. The number of carbonyl (C=O) groups is 1. The first-order valence-electron chi connectivity index (χ1n) is 8.75. The van der Waals surface area contributed by atoms with Crippen molar-refractivity contribution < 1.29 is 14.3 Å². The summed E-state index contributed by atoms with van der Waals surface area (Å²) in [5.41, 5.74) is 3.08. The first kappa shape index (κ1) is 20.0. The monoisotopic (exact) mass is 367 g/mol. The number of nitrogens with one attached hydrogen (secondary N) is 1. The van der Waals surface area contributed by atoms with Gasteiger partial charge in [0.1, 0.15) is 5.69 Å². The fraction of sp³-hybridized carbons (Fsp3) is 0.238. The summed E-state index contributed by atoms with van der Waals surface area (Å²) < 4.78 is 10.8. The Morgan fingerprint density at radius 1 is 1.15 bits per heavy atom. The van der Waals surface area contributed by atoms with Gasteiger partial charge in [0.15, 0.2) is 11.5 Å². The molecule has 27 heavy (non-hydrogen) atoms. The fourth-order valence-corrected chi connectivity index (χ4v) is 2.88. The van der Waals surface area contributed by atoms with Gasteiger partial charge >= 0.3 is 6.03 Å². The Balaban J connectivity index is 0.00000126. The Hall–Kier alpha value is -3.28. The molecular formula is C21H25N3O3. The Kier molecular flexibility index (Phi) is 6.60. The van der Waals surface area contributed by atoms with Crippen LogP contribution in [0.5, 0.6) is 11.5 Å². The fourth-order valence-electron chi connectivity index (χ4n) is 2.88. The van der Waals surface area contributed by atoms with Crippen LogP contribution in [0.4, 0.5) is 21.9 Å². The molecule has 0 aromatic heterocycles. The molecule has 0 bridgehead atoms. The van der Waals surface area contributed by atoms with Gasteiger partial charge in [0.25, 0.3) is 0 Å². The lowest BCUT2D eigenvalue weighted by molar-refractivity contribution is 0.258. The number of rotatable bonds is 4. The van der Waals surface area contributed by atoms with E-state index in [1.807, 2.05) is 51.1 Å². The van der Waals surface area contributed by atoms with Crippen molar-refractivity contribution in [1.29, 1.82) is 0 Å². The number of anilines is 2. The van der Waals surface area contributed by atoms with E-state index in [0.717, 1.165) is 5.69 Å². The van der Waals surface area contributed by atoms with Crippen LogP contribution >= 0.6 is 0 Å². The van der Waals surface area contributed by atoms with Gasteiger partial charge in [-0.3, -0.25) is 9.89 Å². The summed E-state index contributed by atoms with van der Waals surface area (Å²) in [5, 5.41) is 2.88. The number of aliphatic imine (C=N–C) groups is 1. The summed E-state index contributed by atoms with van der Waals surface area (Å²) in [6.45, 7) is 9.95. The zero-order valence-electron chi connectivity index (χ0n) is 16.4. The third-order valence-electron chi connectivity index (χ3n) is 3.92. The quantitative estimate of drug-likeness (QED) is 0.728. The molecule has 0 saturated carbocycles. The van der Waals surface area contributed by atoms with Crippen molar-refractivity contribution >= 4 is 35.0 Å². The number of methoxy groups -OCH3 is 2. The van der Waals surface area contributed by atoms with Crippen molar-refractivity contribution in [2.75, 3.05) is 24.4 Å². The molecule has 0 aliphatic carbocycles. The molecule has 2 aromatic carbocycles. The maximum atomic E-state index is 12.7. The van der Waals surface area contributed by atoms with Crippen molar-refractivity contribution in [3.05, 3.63) is 48.5 Å². The molecule has 142 valence electrons. The molecule has 2 amide bonds. The Labute approximate surface area is 160 Å². The normalized spacial score (nSPS) is 12.9. The van der Waals surface area contributed by atoms with Crippen molar-refractivity contribution in [2.45, 2.75) is 20.8 Å². The number of ether oxygens (including phenoxy) is 2. The highest BCUT2D eigenvalue weighted by molar-refractivity contribution is 6.18. The smallest absolute Gasteiger partial charge is 0.331 e. The lowest BCUT2D eigenvalue weighted by atomic mass is 10.0. The standard InChI is InChI=1S/C19H19N3O3.C2H6/c1-5-20-14-11-15(24-3)18(25-4)17-16(14)12(2)22(19(23)21-17)13-9-7-6-8-10-13;1-2/h5-11H,2H2,1,3-4H3,(H,21,23);1-2H3. The first-order chi connectivity index (χ1) is 13.1. The Bertz CT molecular complexity index is 861. The molecule has 0 fully saturated rings. The Morgan fingerprint density at radius 2 is 1.81 bits per heavy atom. The molecule has 1 aliphatic rings. The lowest BCUT2D eigenvalue weighted by Crippen LogP contribution is -2.37. The number of benzene rings is 2. The highest BCUT2D eigenvalue weighted by Crippen LogP contribution is 2.49. The molecule has 1 aliphatic heterocycles. The minimum atomic E-state index is -0.318. The van der Waals surface area contributed by atoms with Crippen LogP contribution in [0, 0.1) is 0 Å². The van der Waals surface area contributed by atoms with Crippen molar-refractivity contribution in [3.63, 3.8) is 0 Å². The molecule has 0 saturated heterocycles. The number of carbonyl (C=O) groups excluding carboxylic acids is 1. The van der Waals surface area contributed by atoms with Crippen LogP contribution < -0.4 is 19.7 Å². The molecular weight excluding hydrogens is 342 g/mol. The van der Waals surface area contributed by atoms with Gasteiger partial charge in [0.2, 0.25) is 0 Å². The number of fused-ring (bicyclic) bond motifs is 1. The van der Waals surface area contributed by atoms with Gasteiger partial charge in [0, 0.05) is 12.3 Å². The van der Waals surface area contributed by atoms with Crippen LogP contribution in [0.25, 0.3) is 5.70 Å². The van der Waals surface area contributed by atoms with E-state index in [-0.39, 0.29) is 6.03 Å². The molecule has 3 rings (SSSR count). The topological polar surface area (TPSA) is 63.2 Å². The zero-order valence-corrected chi connectivity index (χ0v) is 16.4. The van der Waals surface area contributed by atoms with Crippen LogP contribution in [0.3, 0.4) is 0 Å². The third kappa shape index (κ3) is 3.65. The minimum absolute atomic E-state index is 0.318. The average Bonchev–Trinajstić information content (AvgIpc) is 2.69. The van der Waals surface area contributed by atoms with Crippen LogP contribution in [0.15, 0.2) is 48.0 Å². The minimum Gasteiger partial charge on any atom is -0.493 e. The summed E-state index contributed by atoms with van der Waals surface area (Å²) in [4.78, 5) is 18.6. The van der Waals surface area contributed by atoms with Crippen molar-refractivity contribution in [3.8, 4) is 11.5 Å². The van der Waals surface area contributed by atoms with Gasteiger partial charge in [-0.25, -0.2) is 4.79 Å². The maximum absolute atomic E-state index is 12.7. The van der Waals surface area contributed by atoms with Gasteiger partial charge in [0.05, 0.1) is 36.9 Å². The van der Waals surface area contributed by atoms with Gasteiger partial charge in [-0.15, -0.1) is 0 Å². The van der Waals surface area contributed by atoms with E-state index >= 15 is 0 Å². The third-order valence-corrected chi connectivity index (χ3v) is 3.92. The zero-order chi connectivity index (χ0) is 20.0. The summed E-state index contributed by atoms with van der Waals surface area (Å²) in [7, 11) is 3.07. The molecule has 0 radical (unpaired) electrons. The van der Waals surface area contributed by atoms with Gasteiger partial charge in [-0.2, -0.15) is 0 Å². The van der Waals surface area contributed by atoms with E-state index in [2.05, 4.69) is 16.9 Å². The summed E-state index contributed by atoms with van der Waals surface area (Å²) in [6.07, 6.45) is 1.68. The second-order valence-corrected chi connectivity index (χ2v) is 5.32. The second kappa shape index (κ2) is 8.89. The van der Waals surface area contributed by atoms with Crippen LogP contribution in [0.1, 0.15) is 26.3 Å². The van der Waals surface area contributed by atoms with E-state index in [1.54, 1.807) is 19.4 Å². The molecule has 2 aromatic rings. The van der Waals surface area contributed by atoms with Gasteiger partial charge < -0.3 is 14.8 Å². The predicted octanol–water partition coefficient (Wildman–Crippen LogP) is 5.48. The van der Waals surface area contributed by atoms with Crippen molar-refractivity contribution in [1.82, 2.24) is 0 Å². The lowest BCUT2D eigenvalue weighted by Gasteiger charge is -2.33. The molecule has 0 spiro atoms. The second-order valence-electron chi connectivity index (χ2n) is 5.32. The van der Waals surface area contributed by atoms with Crippen LogP contribution in [0.2, 0.25) is 0 Å². The number of amides is 2. The number of hydrogen-bond acceptors (Lipinski definition) is 4. The number of urea groups is 1. The molecule has 0 unspecified atom stereocenters. The van der Waals surface area contributed by atoms with E-state index in [9.17, 15) is 4.79 Å². The van der Waals surface area contributed by atoms with E-state index < -0.39 is 0 Å². The largest absolute Gasteiger partial charge is 0.493 e. The summed E-state index contributed by atoms with van der Waals surface area (Å²) in [6, 6.07) is 10.8. The van der Waals surface area contributed by atoms with Gasteiger partial charge in [-0.1, -0.05) is 38.6 Å². The average molecular weight is 367 g/mol. The highest BCUT2D eigenvalue weighted by atomic mass is 16.5. The molecule has 1 N–H and O–H groups in total. The molecule has 6 heteroatoms. The molecule has 1 heterocycles. The van der Waals surface area contributed by atoms with E-state index in [1.165, 1.54) is 12.0 Å². The van der Waals surface area contributed by atoms with Gasteiger partial charge in [-0.05, 0) is 19.1 Å². The maximum Gasteiger partial charge on any atom is 0.331 e. The summed E-state index contributed by atoms with van der Waals surface area (Å²) in [5.74, 6) is 0.929. The predicted molar refractivity (Wildman–Crippen MR) is 112 cm³/mol. The summed E-state index contributed by atoms with van der Waals surface area (Å²) >= 11 is 0. The number of nitrogens with zero attached hydrogens (tertiary/aromatic N) is 2. The van der Waals surface area contributed by atoms with Crippen molar-refractivity contribution in [2.24, 2.45) is 4.99 Å². The number of hydrogen-bond donors (Lipinski definition) is 1. The SMILES string of the molecule is C=C1c2c(N=CC)cc(OC)c(OC)c2NC(=O)N1c1ccccc1.CC. The van der Waals surface area contributed by atoms with E-state index in [4.69, 9.17) is 9.47 Å². The van der Waals surface area contributed by atoms with Crippen LogP contribution in [-0.2, 0) is 0 Å². The van der Waals surface area contributed by atoms with Crippen LogP contribution in [-0.4, -0.2) is 26.5 Å². The highest BCUT2D eigenvalue weighted by Gasteiger charge is 2.33. The first-order valence-corrected chi connectivity index (χ1v) is 8.75. The van der Waals surface area contributed by atoms with E-state index in [0.29, 0.717) is 34.1 Å². The Morgan fingerprint density at radius 3 is 2.37 bits per heavy atom.